The molecule has 0 aliphatic heterocycles. The fraction of sp³-hybridized carbons (Fsp3) is 0.455. The van der Waals surface area contributed by atoms with Gasteiger partial charge in [0.15, 0.2) is 0 Å². The molecule has 0 radical (unpaired) electrons. The molecule has 0 heterocycles. The number of hydrogen-bond acceptors (Lipinski definition) is 2. The van der Waals surface area contributed by atoms with Crippen molar-refractivity contribution < 1.29 is 9.84 Å². The fourth-order valence-corrected chi connectivity index (χ4v) is 1.68. The fourth-order valence-electron chi connectivity index (χ4n) is 1.50. The highest BCUT2D eigenvalue weighted by Gasteiger charge is 2.36. The first-order valence-electron chi connectivity index (χ1n) is 4.79. The summed E-state index contributed by atoms with van der Waals surface area (Å²) < 4.78 is 5.55. The molecule has 2 rings (SSSR count). The first-order valence-corrected chi connectivity index (χ1v) is 5.16. The molecule has 0 saturated heterocycles. The summed E-state index contributed by atoms with van der Waals surface area (Å²) in [4.78, 5) is 0. The second-order valence-electron chi connectivity index (χ2n) is 3.71. The Morgan fingerprint density at radius 3 is 2.93 bits per heavy atom. The average molecular weight is 213 g/mol. The van der Waals surface area contributed by atoms with E-state index in [1.54, 1.807) is 6.07 Å². The minimum atomic E-state index is 0.281. The van der Waals surface area contributed by atoms with Crippen molar-refractivity contribution in [3.63, 3.8) is 0 Å². The minimum absolute atomic E-state index is 0.281. The Morgan fingerprint density at radius 1 is 1.43 bits per heavy atom. The summed E-state index contributed by atoms with van der Waals surface area (Å²) in [6.45, 7) is 0.967. The van der Waals surface area contributed by atoms with Gasteiger partial charge in [0.25, 0.3) is 0 Å². The Labute approximate surface area is 88.5 Å². The molecule has 2 nitrogen and oxygen atoms in total. The van der Waals surface area contributed by atoms with E-state index >= 15 is 0 Å². The smallest absolute Gasteiger partial charge is 0.120 e. The Balaban J connectivity index is 1.81. The lowest BCUT2D eigenvalue weighted by Gasteiger charge is -2.05. The SMILES string of the molecule is OCC1CC1COc1cccc(Cl)c1. The van der Waals surface area contributed by atoms with Crippen molar-refractivity contribution in [3.05, 3.63) is 29.3 Å². The number of rotatable bonds is 4. The lowest BCUT2D eigenvalue weighted by Crippen LogP contribution is -2.02. The van der Waals surface area contributed by atoms with Gasteiger partial charge in [-0.15, -0.1) is 0 Å². The summed E-state index contributed by atoms with van der Waals surface area (Å²) in [5.41, 5.74) is 0. The van der Waals surface area contributed by atoms with E-state index in [0.29, 0.717) is 23.5 Å². The van der Waals surface area contributed by atoms with Gasteiger partial charge in [-0.25, -0.2) is 0 Å². The highest BCUT2D eigenvalue weighted by Crippen LogP contribution is 2.38. The third kappa shape index (κ3) is 2.40. The van der Waals surface area contributed by atoms with Crippen LogP contribution in [0.3, 0.4) is 0 Å². The molecule has 0 bridgehead atoms. The molecule has 1 aromatic rings. The molecule has 1 aliphatic carbocycles. The van der Waals surface area contributed by atoms with Crippen LogP contribution >= 0.6 is 11.6 Å². The quantitative estimate of drug-likeness (QED) is 0.830. The predicted octanol–water partition coefficient (Wildman–Crippen LogP) is 2.35. The second-order valence-corrected chi connectivity index (χ2v) is 4.14. The van der Waals surface area contributed by atoms with E-state index in [-0.39, 0.29) is 6.61 Å². The summed E-state index contributed by atoms with van der Waals surface area (Å²) in [5, 5.41) is 9.53. The Morgan fingerprint density at radius 2 is 2.29 bits per heavy atom. The predicted molar refractivity (Wildman–Crippen MR) is 55.6 cm³/mol. The minimum Gasteiger partial charge on any atom is -0.493 e. The molecular weight excluding hydrogens is 200 g/mol. The van der Waals surface area contributed by atoms with Crippen molar-refractivity contribution in [3.8, 4) is 5.75 Å². The molecule has 14 heavy (non-hydrogen) atoms. The summed E-state index contributed by atoms with van der Waals surface area (Å²) in [5.74, 6) is 1.79. The van der Waals surface area contributed by atoms with E-state index < -0.39 is 0 Å². The molecule has 1 aliphatic rings. The van der Waals surface area contributed by atoms with Crippen molar-refractivity contribution in [2.24, 2.45) is 11.8 Å². The number of hydrogen-bond donors (Lipinski definition) is 1. The number of aliphatic hydroxyl groups excluding tert-OH is 1. The van der Waals surface area contributed by atoms with Gasteiger partial charge in [-0.3, -0.25) is 0 Å². The van der Waals surface area contributed by atoms with Crippen molar-refractivity contribution in [2.45, 2.75) is 6.42 Å². The van der Waals surface area contributed by atoms with Crippen LogP contribution < -0.4 is 4.74 Å². The van der Waals surface area contributed by atoms with Crippen LogP contribution in [0.15, 0.2) is 24.3 Å². The third-order valence-corrected chi connectivity index (χ3v) is 2.80. The number of halogens is 1. The van der Waals surface area contributed by atoms with E-state index in [4.69, 9.17) is 21.4 Å². The number of ether oxygens (including phenoxy) is 1. The van der Waals surface area contributed by atoms with Gasteiger partial charge >= 0.3 is 0 Å². The highest BCUT2D eigenvalue weighted by molar-refractivity contribution is 6.30. The molecule has 0 aromatic heterocycles. The number of aliphatic hydroxyl groups is 1. The summed E-state index contributed by atoms with van der Waals surface area (Å²) in [7, 11) is 0. The Kier molecular flexibility index (Phi) is 2.94. The van der Waals surface area contributed by atoms with E-state index in [2.05, 4.69) is 0 Å². The van der Waals surface area contributed by atoms with Crippen molar-refractivity contribution >= 4 is 11.6 Å². The van der Waals surface area contributed by atoms with E-state index in [1.165, 1.54) is 0 Å². The van der Waals surface area contributed by atoms with Crippen LogP contribution in [0.5, 0.6) is 5.75 Å². The maximum atomic E-state index is 8.84. The van der Waals surface area contributed by atoms with Gasteiger partial charge in [0, 0.05) is 11.6 Å². The van der Waals surface area contributed by atoms with Crippen molar-refractivity contribution in [1.82, 2.24) is 0 Å². The highest BCUT2D eigenvalue weighted by atomic mass is 35.5. The molecule has 1 aromatic carbocycles. The van der Waals surface area contributed by atoms with E-state index in [1.807, 2.05) is 18.2 Å². The largest absolute Gasteiger partial charge is 0.493 e. The zero-order valence-corrected chi connectivity index (χ0v) is 8.57. The van der Waals surface area contributed by atoms with Crippen LogP contribution in [0.4, 0.5) is 0 Å². The standard InChI is InChI=1S/C11H13ClO2/c12-10-2-1-3-11(5-10)14-7-9-4-8(9)6-13/h1-3,5,8-9,13H,4,6-7H2. The molecule has 0 spiro atoms. The van der Waals surface area contributed by atoms with Gasteiger partial charge in [0.1, 0.15) is 5.75 Å². The summed E-state index contributed by atoms with van der Waals surface area (Å²) in [6.07, 6.45) is 1.08. The molecular formula is C11H13ClO2. The molecule has 1 saturated carbocycles. The summed E-state index contributed by atoms with van der Waals surface area (Å²) in [6, 6.07) is 7.39. The van der Waals surface area contributed by atoms with Gasteiger partial charge in [-0.05, 0) is 36.5 Å². The van der Waals surface area contributed by atoms with Crippen LogP contribution in [-0.4, -0.2) is 18.3 Å². The monoisotopic (exact) mass is 212 g/mol. The Bertz CT molecular complexity index is 314. The van der Waals surface area contributed by atoms with Gasteiger partial charge in [0.2, 0.25) is 0 Å². The van der Waals surface area contributed by atoms with Crippen LogP contribution in [0.25, 0.3) is 0 Å². The average Bonchev–Trinajstić information content (AvgIpc) is 2.93. The maximum absolute atomic E-state index is 8.84. The van der Waals surface area contributed by atoms with E-state index in [0.717, 1.165) is 12.2 Å². The lowest BCUT2D eigenvalue weighted by atomic mass is 10.3. The second kappa shape index (κ2) is 4.20. The van der Waals surface area contributed by atoms with Crippen LogP contribution in [0.1, 0.15) is 6.42 Å². The lowest BCUT2D eigenvalue weighted by molar-refractivity contribution is 0.243. The van der Waals surface area contributed by atoms with Gasteiger partial charge < -0.3 is 9.84 Å². The zero-order chi connectivity index (χ0) is 9.97. The van der Waals surface area contributed by atoms with E-state index in [9.17, 15) is 0 Å². The summed E-state index contributed by atoms with van der Waals surface area (Å²) >= 11 is 5.81. The molecule has 0 amide bonds. The normalized spacial score (nSPS) is 24.7. The third-order valence-electron chi connectivity index (χ3n) is 2.56. The molecule has 1 N–H and O–H groups in total. The topological polar surface area (TPSA) is 29.5 Å². The van der Waals surface area contributed by atoms with Crippen LogP contribution in [-0.2, 0) is 0 Å². The van der Waals surface area contributed by atoms with Gasteiger partial charge in [-0.2, -0.15) is 0 Å². The zero-order valence-electron chi connectivity index (χ0n) is 7.82. The first-order chi connectivity index (χ1) is 6.79. The Hall–Kier alpha value is -0.730. The van der Waals surface area contributed by atoms with Crippen LogP contribution in [0.2, 0.25) is 5.02 Å². The number of benzene rings is 1. The van der Waals surface area contributed by atoms with Crippen molar-refractivity contribution in [1.29, 1.82) is 0 Å². The van der Waals surface area contributed by atoms with Gasteiger partial charge in [-0.1, -0.05) is 17.7 Å². The maximum Gasteiger partial charge on any atom is 0.120 e. The first kappa shape index (κ1) is 9.81. The molecule has 2 unspecified atom stereocenters. The molecule has 2 atom stereocenters. The molecule has 1 fully saturated rings. The van der Waals surface area contributed by atoms with Crippen molar-refractivity contribution in [2.75, 3.05) is 13.2 Å². The molecule has 3 heteroatoms. The van der Waals surface area contributed by atoms with Gasteiger partial charge in [0.05, 0.1) is 6.61 Å². The van der Waals surface area contributed by atoms with Crippen LogP contribution in [0, 0.1) is 11.8 Å². The molecule has 76 valence electrons.